The van der Waals surface area contributed by atoms with Crippen molar-refractivity contribution >= 4 is 35.3 Å². The zero-order chi connectivity index (χ0) is 43.7. The molecule has 2 aliphatic rings. The van der Waals surface area contributed by atoms with Gasteiger partial charge in [0.15, 0.2) is 0 Å². The number of carbonyl (C=O) groups is 4. The summed E-state index contributed by atoms with van der Waals surface area (Å²) in [7, 11) is 0. The van der Waals surface area contributed by atoms with Gasteiger partial charge in [0.1, 0.15) is 28.6 Å². The van der Waals surface area contributed by atoms with Gasteiger partial charge in [-0.15, -0.1) is 0 Å². The summed E-state index contributed by atoms with van der Waals surface area (Å²) in [5.41, 5.74) is 0.703. The summed E-state index contributed by atoms with van der Waals surface area (Å²) in [6.07, 6.45) is 10.5. The van der Waals surface area contributed by atoms with E-state index in [0.29, 0.717) is 38.9 Å². The van der Waals surface area contributed by atoms with Crippen LogP contribution in [0.15, 0.2) is 61.7 Å². The Labute approximate surface area is 354 Å². The summed E-state index contributed by atoms with van der Waals surface area (Å²) in [5, 5.41) is 20.0. The zero-order valence-electron chi connectivity index (χ0n) is 33.7. The molecular weight excluding hydrogens is 781 g/mol. The van der Waals surface area contributed by atoms with Crippen molar-refractivity contribution in [2.24, 2.45) is 0 Å². The maximum Gasteiger partial charge on any atom is 0.343 e. The topological polar surface area (TPSA) is 180 Å². The minimum absolute atomic E-state index is 0.0313. The Balaban J connectivity index is 1.24. The Morgan fingerprint density at radius 1 is 0.607 bits per heavy atom. The fourth-order valence-corrected chi connectivity index (χ4v) is 7.54. The molecule has 0 amide bonds. The maximum atomic E-state index is 13.7. The number of unbranched alkanes of at least 4 members (excludes halogenated alkanes) is 6. The summed E-state index contributed by atoms with van der Waals surface area (Å²) in [5.74, 6) is -1.68. The van der Waals surface area contributed by atoms with Gasteiger partial charge in [-0.25, -0.2) is 28.9 Å². The molecule has 2 aliphatic carbocycles. The molecular formula is C47H44N4O10. The van der Waals surface area contributed by atoms with E-state index in [0.717, 1.165) is 68.2 Å². The van der Waals surface area contributed by atoms with Gasteiger partial charge >= 0.3 is 23.9 Å². The number of nitriles is 2. The summed E-state index contributed by atoms with van der Waals surface area (Å²) >= 11 is 0. The fraction of sp³-hybridized carbons (Fsp3) is 0.362. The predicted molar refractivity (Wildman–Crippen MR) is 221 cm³/mol. The molecule has 0 saturated heterocycles. The third-order valence-electron chi connectivity index (χ3n) is 10.4. The minimum atomic E-state index is -0.834. The second kappa shape index (κ2) is 22.1. The largest absolute Gasteiger partial charge is 0.505 e. The maximum absolute atomic E-state index is 13.7. The second-order valence-corrected chi connectivity index (χ2v) is 14.3. The van der Waals surface area contributed by atoms with E-state index in [2.05, 4.69) is 22.8 Å². The van der Waals surface area contributed by atoms with Crippen molar-refractivity contribution in [1.82, 2.24) is 0 Å². The number of carbonyl (C=O) groups excluding carboxylic acids is 4. The average Bonchev–Trinajstić information content (AvgIpc) is 3.91. The highest BCUT2D eigenvalue weighted by Gasteiger charge is 2.42. The summed E-state index contributed by atoms with van der Waals surface area (Å²) < 4.78 is 33.4. The Morgan fingerprint density at radius 2 is 1.05 bits per heavy atom. The Hall–Kier alpha value is -7.42. The number of rotatable bonds is 22. The number of esters is 4. The number of hydrogen-bond donors (Lipinski definition) is 0. The summed E-state index contributed by atoms with van der Waals surface area (Å²) in [6, 6.07) is 12.8. The van der Waals surface area contributed by atoms with Crippen LogP contribution in [0.1, 0.15) is 125 Å². The smallest absolute Gasteiger partial charge is 0.343 e. The average molecular weight is 825 g/mol. The first-order valence-electron chi connectivity index (χ1n) is 20.0. The van der Waals surface area contributed by atoms with E-state index in [4.69, 9.17) is 41.6 Å². The summed E-state index contributed by atoms with van der Waals surface area (Å²) in [4.78, 5) is 56.7. The molecule has 2 bridgehead atoms. The summed E-state index contributed by atoms with van der Waals surface area (Å²) in [6.45, 7) is 23.4. The van der Waals surface area contributed by atoms with Crippen molar-refractivity contribution in [3.63, 3.8) is 0 Å². The van der Waals surface area contributed by atoms with E-state index in [9.17, 15) is 29.7 Å². The molecule has 0 aliphatic heterocycles. The monoisotopic (exact) mass is 824 g/mol. The lowest BCUT2D eigenvalue weighted by molar-refractivity contribution is -0.138. The van der Waals surface area contributed by atoms with E-state index in [-0.39, 0.29) is 81.7 Å². The molecule has 5 rings (SSSR count). The molecule has 3 aromatic rings. The van der Waals surface area contributed by atoms with Crippen LogP contribution in [0.4, 0.5) is 11.4 Å². The van der Waals surface area contributed by atoms with Crippen molar-refractivity contribution in [3.05, 3.63) is 118 Å². The Morgan fingerprint density at radius 3 is 1.54 bits per heavy atom. The van der Waals surface area contributed by atoms with E-state index in [1.807, 2.05) is 12.1 Å². The zero-order valence-corrected chi connectivity index (χ0v) is 33.7. The first kappa shape index (κ1) is 44.7. The van der Waals surface area contributed by atoms with Crippen LogP contribution in [0.5, 0.6) is 23.0 Å². The highest BCUT2D eigenvalue weighted by molar-refractivity contribution is 6.00. The van der Waals surface area contributed by atoms with Crippen LogP contribution >= 0.6 is 0 Å². The first-order chi connectivity index (χ1) is 29.7. The van der Waals surface area contributed by atoms with Gasteiger partial charge in [-0.2, -0.15) is 10.5 Å². The minimum Gasteiger partial charge on any atom is -0.505 e. The van der Waals surface area contributed by atoms with E-state index in [1.165, 1.54) is 36.4 Å². The Bertz CT molecular complexity index is 2200. The highest BCUT2D eigenvalue weighted by Crippen LogP contribution is 2.59. The normalized spacial score (nSPS) is 14.2. The molecule has 2 atom stereocenters. The van der Waals surface area contributed by atoms with E-state index in [1.54, 1.807) is 0 Å². The van der Waals surface area contributed by atoms with Gasteiger partial charge in [0, 0.05) is 23.3 Å². The van der Waals surface area contributed by atoms with Crippen molar-refractivity contribution < 1.29 is 47.6 Å². The highest BCUT2D eigenvalue weighted by atomic mass is 16.5. The molecule has 1 saturated carbocycles. The molecule has 3 aromatic carbocycles. The van der Waals surface area contributed by atoms with Crippen LogP contribution in [0.25, 0.3) is 9.69 Å². The molecule has 0 N–H and O–H groups in total. The van der Waals surface area contributed by atoms with Gasteiger partial charge in [-0.3, -0.25) is 0 Å². The van der Waals surface area contributed by atoms with Crippen molar-refractivity contribution in [3.8, 4) is 35.1 Å². The number of ether oxygens (including phenoxy) is 6. The number of benzene rings is 3. The van der Waals surface area contributed by atoms with Crippen LogP contribution in [-0.4, -0.2) is 50.3 Å². The van der Waals surface area contributed by atoms with Crippen LogP contribution in [0, 0.1) is 35.8 Å². The van der Waals surface area contributed by atoms with Crippen LogP contribution in [-0.2, 0) is 19.1 Å². The SMILES string of the molecule is [C-]#[N+]c1c(OCCCCCCOC(=O)C=C)ccc(C(=O)Oc2ccc(OC(=O)c3ccc(OCCCCCCOC(=O)C=C)c(C#N)c3[N+]#[C-])c3c2C2CCC3C2)c1C#N. The van der Waals surface area contributed by atoms with Gasteiger partial charge in [0.05, 0.1) is 68.4 Å². The van der Waals surface area contributed by atoms with Gasteiger partial charge in [0.25, 0.3) is 0 Å². The number of hydrogen-bond acceptors (Lipinski definition) is 12. The quantitative estimate of drug-likeness (QED) is 0.0308. The third kappa shape index (κ3) is 11.0. The molecule has 0 radical (unpaired) electrons. The first-order valence-corrected chi connectivity index (χ1v) is 20.0. The van der Waals surface area contributed by atoms with E-state index < -0.39 is 23.9 Å². The second-order valence-electron chi connectivity index (χ2n) is 14.3. The lowest BCUT2D eigenvalue weighted by Gasteiger charge is -2.22. The van der Waals surface area contributed by atoms with Gasteiger partial charge in [-0.1, -0.05) is 19.2 Å². The molecule has 2 unspecified atom stereocenters. The van der Waals surface area contributed by atoms with E-state index >= 15 is 0 Å². The number of nitrogens with zero attached hydrogens (tertiary/aromatic N) is 4. The van der Waals surface area contributed by atoms with Crippen LogP contribution < -0.4 is 18.9 Å². The van der Waals surface area contributed by atoms with Gasteiger partial charge in [-0.05, 0) is 113 Å². The molecule has 0 heterocycles. The van der Waals surface area contributed by atoms with Crippen molar-refractivity contribution in [1.29, 1.82) is 10.5 Å². The lowest BCUT2D eigenvalue weighted by atomic mass is 9.90. The standard InChI is InChI=1S/C47H44N4O10/c1-5-40(52)58-25-13-9-7-11-23-56-36-19-18-33(44(50-3)35(36)29-49)47(55)61-38-22-21-37(42-30-15-16-31(27-30)43(38)42)60-46(54)32-17-20-39(45(51-4)34(32)28-48)57-24-12-8-10-14-26-59-41(53)6-2/h5-6,17-22,30-31H,1-2,7-16,23-27H2. The lowest BCUT2D eigenvalue weighted by Crippen LogP contribution is -2.15. The number of fused-ring (bicyclic) bond motifs is 5. The third-order valence-corrected chi connectivity index (χ3v) is 10.4. The van der Waals surface area contributed by atoms with Crippen molar-refractivity contribution in [2.45, 2.75) is 82.5 Å². The van der Waals surface area contributed by atoms with Gasteiger partial charge < -0.3 is 28.4 Å². The molecule has 0 spiro atoms. The predicted octanol–water partition coefficient (Wildman–Crippen LogP) is 9.67. The van der Waals surface area contributed by atoms with Crippen LogP contribution in [0.2, 0.25) is 0 Å². The van der Waals surface area contributed by atoms with Gasteiger partial charge in [0.2, 0.25) is 11.4 Å². The molecule has 1 fully saturated rings. The van der Waals surface area contributed by atoms with Crippen LogP contribution in [0.3, 0.4) is 0 Å². The molecule has 14 nitrogen and oxygen atoms in total. The Kier molecular flexibility index (Phi) is 16.2. The fourth-order valence-electron chi connectivity index (χ4n) is 7.54. The molecule has 61 heavy (non-hydrogen) atoms. The molecule has 0 aromatic heterocycles. The van der Waals surface area contributed by atoms with Crippen molar-refractivity contribution in [2.75, 3.05) is 26.4 Å². The molecule has 14 heteroatoms. The molecule has 312 valence electrons.